The van der Waals surface area contributed by atoms with Crippen molar-refractivity contribution in [2.24, 2.45) is 5.73 Å². The highest BCUT2D eigenvalue weighted by molar-refractivity contribution is 5.87. The van der Waals surface area contributed by atoms with E-state index in [-0.39, 0.29) is 6.42 Å². The highest BCUT2D eigenvalue weighted by Crippen LogP contribution is 2.11. The lowest BCUT2D eigenvalue weighted by Gasteiger charge is -2.18. The number of hydrogen-bond donors (Lipinski definition) is 3. The number of aliphatic carboxylic acids is 1. The molecule has 2 aromatic carbocycles. The van der Waals surface area contributed by atoms with Crippen LogP contribution in [-0.4, -0.2) is 23.0 Å². The lowest BCUT2D eigenvalue weighted by Crippen LogP contribution is -2.46. The fourth-order valence-electron chi connectivity index (χ4n) is 2.17. The number of benzene rings is 2. The summed E-state index contributed by atoms with van der Waals surface area (Å²) in [6.07, 6.45) is -0.0274. The molecule has 0 heterocycles. The highest BCUT2D eigenvalue weighted by Gasteiger charge is 2.24. The van der Waals surface area contributed by atoms with Crippen LogP contribution in [0.5, 0.6) is 0 Å². The van der Waals surface area contributed by atoms with Crippen LogP contribution in [0.25, 0.3) is 0 Å². The molecule has 0 aromatic heterocycles. The number of nitrogens with one attached hydrogen (secondary N) is 1. The van der Waals surface area contributed by atoms with Crippen molar-refractivity contribution in [3.05, 3.63) is 71.5 Å². The van der Waals surface area contributed by atoms with Gasteiger partial charge in [-0.15, -0.1) is 0 Å². The van der Waals surface area contributed by atoms with E-state index in [0.29, 0.717) is 11.1 Å². The number of carboxylic acid groups (broad SMARTS) is 1. The normalized spacial score (nSPS) is 13.1. The first-order valence-electron chi connectivity index (χ1n) is 7.05. The van der Waals surface area contributed by atoms with Crippen LogP contribution in [0.2, 0.25) is 0 Å². The Bertz CT molecular complexity index is 691. The molecule has 5 nitrogen and oxygen atoms in total. The zero-order valence-corrected chi connectivity index (χ0v) is 12.3. The molecule has 1 amide bonds. The Hall–Kier alpha value is -2.73. The van der Waals surface area contributed by atoms with Crippen LogP contribution in [0.4, 0.5) is 4.39 Å². The molecule has 0 radical (unpaired) electrons. The minimum absolute atomic E-state index is 0.0274. The summed E-state index contributed by atoms with van der Waals surface area (Å²) in [5.74, 6) is -2.26. The lowest BCUT2D eigenvalue weighted by molar-refractivity contribution is -0.142. The van der Waals surface area contributed by atoms with Gasteiger partial charge in [-0.1, -0.05) is 42.5 Å². The topological polar surface area (TPSA) is 92.4 Å². The second-order valence-corrected chi connectivity index (χ2v) is 5.12. The zero-order valence-electron chi connectivity index (χ0n) is 12.3. The van der Waals surface area contributed by atoms with E-state index in [0.717, 1.165) is 0 Å². The first-order valence-corrected chi connectivity index (χ1v) is 7.05. The average Bonchev–Trinajstić information content (AvgIpc) is 2.54. The molecule has 0 saturated heterocycles. The molecule has 0 aliphatic rings. The van der Waals surface area contributed by atoms with Crippen molar-refractivity contribution in [1.82, 2.24) is 5.32 Å². The zero-order chi connectivity index (χ0) is 16.8. The van der Waals surface area contributed by atoms with Gasteiger partial charge in [-0.2, -0.15) is 0 Å². The largest absolute Gasteiger partial charge is 0.480 e. The Labute approximate surface area is 132 Å². The molecule has 0 bridgehead atoms. The molecule has 2 aromatic rings. The molecule has 0 saturated carbocycles. The molecule has 0 aliphatic heterocycles. The van der Waals surface area contributed by atoms with Gasteiger partial charge in [-0.05, 0) is 23.3 Å². The Morgan fingerprint density at radius 3 is 2.43 bits per heavy atom. The van der Waals surface area contributed by atoms with E-state index in [9.17, 15) is 19.1 Å². The fourth-order valence-corrected chi connectivity index (χ4v) is 2.17. The highest BCUT2D eigenvalue weighted by atomic mass is 19.1. The quantitative estimate of drug-likeness (QED) is 0.755. The summed E-state index contributed by atoms with van der Waals surface area (Å²) in [6.45, 7) is 0. The molecule has 0 aliphatic carbocycles. The van der Waals surface area contributed by atoms with E-state index in [4.69, 9.17) is 5.73 Å². The van der Waals surface area contributed by atoms with E-state index in [1.165, 1.54) is 18.2 Å². The average molecular weight is 316 g/mol. The van der Waals surface area contributed by atoms with Crippen molar-refractivity contribution < 1.29 is 19.1 Å². The van der Waals surface area contributed by atoms with Gasteiger partial charge in [0.2, 0.25) is 5.91 Å². The van der Waals surface area contributed by atoms with Gasteiger partial charge in [-0.25, -0.2) is 9.18 Å². The molecule has 2 rings (SSSR count). The first kappa shape index (κ1) is 16.6. The van der Waals surface area contributed by atoms with Crippen LogP contribution in [0.3, 0.4) is 0 Å². The van der Waals surface area contributed by atoms with Crippen molar-refractivity contribution in [1.29, 1.82) is 0 Å². The fraction of sp³-hybridized carbons (Fsp3) is 0.176. The number of nitrogens with two attached hydrogens (primary N) is 1. The number of carbonyl (C=O) groups excluding carboxylic acids is 1. The predicted octanol–water partition coefficient (Wildman–Crippen LogP) is 1.64. The number of carboxylic acids is 1. The van der Waals surface area contributed by atoms with Gasteiger partial charge in [0, 0.05) is 6.42 Å². The van der Waals surface area contributed by atoms with E-state index >= 15 is 0 Å². The van der Waals surface area contributed by atoms with Crippen LogP contribution < -0.4 is 11.1 Å². The van der Waals surface area contributed by atoms with Crippen LogP contribution in [0.15, 0.2) is 54.6 Å². The minimum Gasteiger partial charge on any atom is -0.480 e. The van der Waals surface area contributed by atoms with Gasteiger partial charge in [0.05, 0.1) is 0 Å². The molecule has 1 unspecified atom stereocenters. The van der Waals surface area contributed by atoms with E-state index in [1.807, 2.05) is 0 Å². The third-order valence-electron chi connectivity index (χ3n) is 3.38. The minimum atomic E-state index is -1.21. The van der Waals surface area contributed by atoms with Gasteiger partial charge < -0.3 is 16.2 Å². The summed E-state index contributed by atoms with van der Waals surface area (Å²) >= 11 is 0. The Morgan fingerprint density at radius 2 is 1.83 bits per heavy atom. The Morgan fingerprint density at radius 1 is 1.13 bits per heavy atom. The van der Waals surface area contributed by atoms with Crippen LogP contribution >= 0.6 is 0 Å². The molecular formula is C17H17FN2O3. The summed E-state index contributed by atoms with van der Waals surface area (Å²) in [5, 5.41) is 11.7. The van der Waals surface area contributed by atoms with Gasteiger partial charge in [0.1, 0.15) is 17.9 Å². The summed E-state index contributed by atoms with van der Waals surface area (Å²) in [5.41, 5.74) is 6.90. The van der Waals surface area contributed by atoms with E-state index in [1.54, 1.807) is 36.4 Å². The van der Waals surface area contributed by atoms with Crippen molar-refractivity contribution >= 4 is 11.9 Å². The molecule has 120 valence electrons. The van der Waals surface area contributed by atoms with Gasteiger partial charge >= 0.3 is 5.97 Å². The standard InChI is InChI=1S/C17H17FN2O3/c18-13-8-4-5-11(9-13)10-14(17(22)23)20-16(21)15(19)12-6-2-1-3-7-12/h1-9,14-15H,10,19H2,(H,20,21)(H,22,23)/t14?,15-/m1/s1. The van der Waals surface area contributed by atoms with Crippen molar-refractivity contribution in [3.63, 3.8) is 0 Å². The van der Waals surface area contributed by atoms with Crippen molar-refractivity contribution in [2.75, 3.05) is 0 Å². The summed E-state index contributed by atoms with van der Waals surface area (Å²) in [6, 6.07) is 12.1. The summed E-state index contributed by atoms with van der Waals surface area (Å²) in [7, 11) is 0. The summed E-state index contributed by atoms with van der Waals surface area (Å²) < 4.78 is 13.2. The van der Waals surface area contributed by atoms with Gasteiger partial charge in [0.15, 0.2) is 0 Å². The lowest BCUT2D eigenvalue weighted by atomic mass is 10.0. The summed E-state index contributed by atoms with van der Waals surface area (Å²) in [4.78, 5) is 23.5. The maximum Gasteiger partial charge on any atom is 0.326 e. The molecule has 0 spiro atoms. The van der Waals surface area contributed by atoms with Crippen molar-refractivity contribution in [2.45, 2.75) is 18.5 Å². The van der Waals surface area contributed by atoms with E-state index in [2.05, 4.69) is 5.32 Å². The van der Waals surface area contributed by atoms with Crippen LogP contribution in [0, 0.1) is 5.82 Å². The van der Waals surface area contributed by atoms with Crippen molar-refractivity contribution in [3.8, 4) is 0 Å². The van der Waals surface area contributed by atoms with Crippen LogP contribution in [-0.2, 0) is 16.0 Å². The second-order valence-electron chi connectivity index (χ2n) is 5.12. The molecule has 2 atom stereocenters. The molecular weight excluding hydrogens is 299 g/mol. The smallest absolute Gasteiger partial charge is 0.326 e. The third-order valence-corrected chi connectivity index (χ3v) is 3.38. The van der Waals surface area contributed by atoms with Crippen LogP contribution in [0.1, 0.15) is 17.2 Å². The number of amides is 1. The maximum atomic E-state index is 13.2. The Kier molecular flexibility index (Phi) is 5.43. The molecule has 6 heteroatoms. The number of hydrogen-bond acceptors (Lipinski definition) is 3. The second kappa shape index (κ2) is 7.51. The molecule has 0 fully saturated rings. The molecule has 4 N–H and O–H groups in total. The molecule has 23 heavy (non-hydrogen) atoms. The van der Waals surface area contributed by atoms with Gasteiger partial charge in [-0.3, -0.25) is 4.79 Å². The first-order chi connectivity index (χ1) is 11.0. The number of carbonyl (C=O) groups is 2. The SMILES string of the molecule is N[C@@H](C(=O)NC(Cc1cccc(F)c1)C(=O)O)c1ccccc1. The number of halogens is 1. The number of rotatable bonds is 6. The maximum absolute atomic E-state index is 13.2. The van der Waals surface area contributed by atoms with E-state index < -0.39 is 29.8 Å². The van der Waals surface area contributed by atoms with Gasteiger partial charge in [0.25, 0.3) is 0 Å². The monoisotopic (exact) mass is 316 g/mol. The third kappa shape index (κ3) is 4.62. The Balaban J connectivity index is 2.07. The predicted molar refractivity (Wildman–Crippen MR) is 83.0 cm³/mol.